The number of hydrogen-bond acceptors (Lipinski definition) is 0. The van der Waals surface area contributed by atoms with Crippen molar-refractivity contribution in [1.82, 2.24) is 0 Å². The summed E-state index contributed by atoms with van der Waals surface area (Å²) in [7, 11) is 0. The van der Waals surface area contributed by atoms with Crippen molar-refractivity contribution in [3.63, 3.8) is 0 Å². The predicted octanol–water partition coefficient (Wildman–Crippen LogP) is 4.39. The second-order valence-electron chi connectivity index (χ2n) is 4.23. The molecule has 0 nitrogen and oxygen atoms in total. The van der Waals surface area contributed by atoms with Crippen LogP contribution in [0.1, 0.15) is 23.5 Å². The van der Waals surface area contributed by atoms with Crippen molar-refractivity contribution in [1.29, 1.82) is 0 Å². The van der Waals surface area contributed by atoms with Crippen LogP contribution in [-0.2, 0) is 6.42 Å². The molecular formula is C17H17. The van der Waals surface area contributed by atoms with Gasteiger partial charge in [0.1, 0.15) is 0 Å². The fraction of sp³-hybridized carbons (Fsp3) is 0.176. The third-order valence-corrected chi connectivity index (χ3v) is 3.05. The highest BCUT2D eigenvalue weighted by Crippen LogP contribution is 2.22. The molecule has 0 bridgehead atoms. The standard InChI is InChI=1S/C17H17/c1-2-16(17-11-7-4-8-12-17)14-13-15-9-5-3-6-10-15/h1-12,16H,13-14H2. The third kappa shape index (κ3) is 3.32. The molecule has 2 aromatic rings. The maximum Gasteiger partial charge on any atom is 0.00242 e. The maximum atomic E-state index is 5.74. The van der Waals surface area contributed by atoms with E-state index in [4.69, 9.17) is 6.58 Å². The van der Waals surface area contributed by atoms with Crippen LogP contribution in [0.2, 0.25) is 0 Å². The molecule has 85 valence electrons. The van der Waals surface area contributed by atoms with Crippen LogP contribution in [-0.4, -0.2) is 0 Å². The van der Waals surface area contributed by atoms with Gasteiger partial charge in [0.05, 0.1) is 0 Å². The summed E-state index contributed by atoms with van der Waals surface area (Å²) in [5, 5.41) is 0. The van der Waals surface area contributed by atoms with Crippen molar-refractivity contribution in [3.05, 3.63) is 84.4 Å². The summed E-state index contributed by atoms with van der Waals surface area (Å²) in [5.41, 5.74) is 2.67. The van der Waals surface area contributed by atoms with Crippen molar-refractivity contribution in [3.8, 4) is 0 Å². The Bertz CT molecular complexity index is 442. The SMILES string of the molecule is [CH]=CC(CCc1ccccc1)c1ccccc1. The van der Waals surface area contributed by atoms with E-state index in [0.717, 1.165) is 12.8 Å². The summed E-state index contributed by atoms with van der Waals surface area (Å²) in [6.07, 6.45) is 3.93. The van der Waals surface area contributed by atoms with Crippen LogP contribution >= 0.6 is 0 Å². The average Bonchev–Trinajstić information content (AvgIpc) is 2.42. The van der Waals surface area contributed by atoms with E-state index in [2.05, 4.69) is 48.5 Å². The summed E-state index contributed by atoms with van der Waals surface area (Å²) in [6, 6.07) is 21.0. The highest BCUT2D eigenvalue weighted by Gasteiger charge is 2.06. The normalized spacial score (nSPS) is 12.0. The van der Waals surface area contributed by atoms with Crippen LogP contribution in [0.15, 0.2) is 66.7 Å². The average molecular weight is 221 g/mol. The van der Waals surface area contributed by atoms with Gasteiger partial charge in [-0.05, 0) is 24.0 Å². The van der Waals surface area contributed by atoms with Crippen molar-refractivity contribution >= 4 is 0 Å². The van der Waals surface area contributed by atoms with E-state index in [-0.39, 0.29) is 0 Å². The van der Waals surface area contributed by atoms with Gasteiger partial charge in [-0.15, -0.1) is 0 Å². The Labute approximate surface area is 104 Å². The van der Waals surface area contributed by atoms with Crippen LogP contribution in [0.3, 0.4) is 0 Å². The zero-order chi connectivity index (χ0) is 11.9. The van der Waals surface area contributed by atoms with E-state index in [1.54, 1.807) is 6.08 Å². The smallest absolute Gasteiger partial charge is 0.00242 e. The van der Waals surface area contributed by atoms with Crippen LogP contribution in [0, 0.1) is 6.58 Å². The molecule has 0 N–H and O–H groups in total. The molecule has 0 heteroatoms. The first kappa shape index (κ1) is 11.7. The first-order valence-corrected chi connectivity index (χ1v) is 6.04. The monoisotopic (exact) mass is 221 g/mol. The minimum Gasteiger partial charge on any atom is -0.0770 e. The third-order valence-electron chi connectivity index (χ3n) is 3.05. The molecule has 0 aliphatic heterocycles. The molecule has 0 heterocycles. The molecule has 1 radical (unpaired) electrons. The Morgan fingerprint density at radius 2 is 1.47 bits per heavy atom. The summed E-state index contributed by atoms with van der Waals surface area (Å²) in [4.78, 5) is 0. The molecule has 17 heavy (non-hydrogen) atoms. The first-order valence-electron chi connectivity index (χ1n) is 6.04. The Balaban J connectivity index is 2.00. The van der Waals surface area contributed by atoms with Gasteiger partial charge in [0.25, 0.3) is 0 Å². The predicted molar refractivity (Wildman–Crippen MR) is 72.8 cm³/mol. The summed E-state index contributed by atoms with van der Waals surface area (Å²) in [6.45, 7) is 5.74. The van der Waals surface area contributed by atoms with Crippen molar-refractivity contribution in [2.24, 2.45) is 0 Å². The maximum absolute atomic E-state index is 5.74. The van der Waals surface area contributed by atoms with Crippen LogP contribution in [0.25, 0.3) is 0 Å². The Hall–Kier alpha value is -1.82. The van der Waals surface area contributed by atoms with Gasteiger partial charge in [-0.1, -0.05) is 73.3 Å². The molecule has 0 saturated carbocycles. The van der Waals surface area contributed by atoms with Crippen molar-refractivity contribution in [2.45, 2.75) is 18.8 Å². The van der Waals surface area contributed by atoms with Crippen LogP contribution < -0.4 is 0 Å². The molecule has 2 aromatic carbocycles. The van der Waals surface area contributed by atoms with Gasteiger partial charge in [-0.2, -0.15) is 0 Å². The van der Waals surface area contributed by atoms with Gasteiger partial charge in [0.15, 0.2) is 0 Å². The number of benzene rings is 2. The zero-order valence-corrected chi connectivity index (χ0v) is 9.92. The largest absolute Gasteiger partial charge is 0.0770 e. The van der Waals surface area contributed by atoms with Gasteiger partial charge in [-0.25, -0.2) is 0 Å². The van der Waals surface area contributed by atoms with E-state index >= 15 is 0 Å². The molecular weight excluding hydrogens is 204 g/mol. The Kier molecular flexibility index (Phi) is 4.15. The van der Waals surface area contributed by atoms with E-state index in [1.807, 2.05) is 12.1 Å². The zero-order valence-electron chi connectivity index (χ0n) is 9.92. The number of allylic oxidation sites excluding steroid dienone is 1. The van der Waals surface area contributed by atoms with Gasteiger partial charge >= 0.3 is 0 Å². The molecule has 0 aliphatic rings. The second kappa shape index (κ2) is 6.05. The summed E-state index contributed by atoms with van der Waals surface area (Å²) in [5.74, 6) is 0.344. The lowest BCUT2D eigenvalue weighted by Gasteiger charge is -2.12. The van der Waals surface area contributed by atoms with Gasteiger partial charge < -0.3 is 0 Å². The molecule has 1 atom stereocenters. The lowest BCUT2D eigenvalue weighted by atomic mass is 9.92. The lowest BCUT2D eigenvalue weighted by molar-refractivity contribution is 0.736. The van der Waals surface area contributed by atoms with Crippen molar-refractivity contribution < 1.29 is 0 Å². The molecule has 0 spiro atoms. The van der Waals surface area contributed by atoms with Gasteiger partial charge in [-0.3, -0.25) is 0 Å². The highest BCUT2D eigenvalue weighted by molar-refractivity contribution is 5.24. The number of aryl methyl sites for hydroxylation is 1. The minimum absolute atomic E-state index is 0.344. The first-order chi connectivity index (χ1) is 8.40. The fourth-order valence-corrected chi connectivity index (χ4v) is 2.04. The molecule has 1 unspecified atom stereocenters. The Morgan fingerprint density at radius 1 is 0.882 bits per heavy atom. The van der Waals surface area contributed by atoms with Crippen molar-refractivity contribution in [2.75, 3.05) is 0 Å². The highest BCUT2D eigenvalue weighted by atomic mass is 14.1. The van der Waals surface area contributed by atoms with E-state index < -0.39 is 0 Å². The molecule has 0 aliphatic carbocycles. The quantitative estimate of drug-likeness (QED) is 0.702. The van der Waals surface area contributed by atoms with E-state index in [1.165, 1.54) is 11.1 Å². The molecule has 0 fully saturated rings. The van der Waals surface area contributed by atoms with Gasteiger partial charge in [0, 0.05) is 5.92 Å². The van der Waals surface area contributed by atoms with E-state index in [9.17, 15) is 0 Å². The topological polar surface area (TPSA) is 0 Å². The number of hydrogen-bond donors (Lipinski definition) is 0. The molecule has 0 saturated heterocycles. The van der Waals surface area contributed by atoms with Gasteiger partial charge in [0.2, 0.25) is 0 Å². The van der Waals surface area contributed by atoms with E-state index in [0.29, 0.717) is 5.92 Å². The molecule has 0 amide bonds. The van der Waals surface area contributed by atoms with Crippen LogP contribution in [0.4, 0.5) is 0 Å². The summed E-state index contributed by atoms with van der Waals surface area (Å²) < 4.78 is 0. The lowest BCUT2D eigenvalue weighted by Crippen LogP contribution is -1.97. The molecule has 0 aromatic heterocycles. The minimum atomic E-state index is 0.344. The second-order valence-corrected chi connectivity index (χ2v) is 4.23. The number of rotatable bonds is 5. The fourth-order valence-electron chi connectivity index (χ4n) is 2.04. The molecule has 2 rings (SSSR count). The Morgan fingerprint density at radius 3 is 2.06 bits per heavy atom. The summed E-state index contributed by atoms with van der Waals surface area (Å²) >= 11 is 0. The van der Waals surface area contributed by atoms with Crippen LogP contribution in [0.5, 0.6) is 0 Å².